The van der Waals surface area contributed by atoms with Crippen molar-refractivity contribution in [2.75, 3.05) is 0 Å². The van der Waals surface area contributed by atoms with Gasteiger partial charge in [-0.25, -0.2) is 0 Å². The second kappa shape index (κ2) is 11.4. The van der Waals surface area contributed by atoms with E-state index in [1.165, 1.54) is 60.5 Å². The Labute approximate surface area is 287 Å². The topological polar surface area (TPSA) is 13.1 Å². The first-order valence-corrected chi connectivity index (χ1v) is 17.1. The third-order valence-corrected chi connectivity index (χ3v) is 10.0. The largest absolute Gasteiger partial charge is 0.455 e. The van der Waals surface area contributed by atoms with Crippen LogP contribution in [0.1, 0.15) is 26.3 Å². The molecule has 0 radical (unpaired) electrons. The zero-order valence-corrected chi connectivity index (χ0v) is 28.0. The molecule has 0 atom stereocenters. The van der Waals surface area contributed by atoms with Crippen LogP contribution in [-0.4, -0.2) is 0 Å². The molecule has 0 aliphatic heterocycles. The Balaban J connectivity index is 1.28. The quantitative estimate of drug-likeness (QED) is 0.177. The van der Waals surface area contributed by atoms with Gasteiger partial charge in [0.15, 0.2) is 0 Å². The molecule has 0 unspecified atom stereocenters. The van der Waals surface area contributed by atoms with Gasteiger partial charge in [-0.3, -0.25) is 0 Å². The van der Waals surface area contributed by atoms with Gasteiger partial charge in [0.1, 0.15) is 11.2 Å². The van der Waals surface area contributed by atoms with Gasteiger partial charge in [0.25, 0.3) is 0 Å². The molecule has 1 aromatic heterocycles. The number of benzene rings is 8. The third kappa shape index (κ3) is 4.93. The first-order chi connectivity index (χ1) is 23.9. The normalized spacial score (nSPS) is 12.0. The van der Waals surface area contributed by atoms with Gasteiger partial charge in [-0.1, -0.05) is 166 Å². The van der Waals surface area contributed by atoms with E-state index in [4.69, 9.17) is 4.42 Å². The van der Waals surface area contributed by atoms with E-state index < -0.39 is 0 Å². The fraction of sp³-hybridized carbons (Fsp3) is 0.0833. The Hall–Kier alpha value is -5.92. The van der Waals surface area contributed by atoms with Crippen LogP contribution >= 0.6 is 0 Å². The summed E-state index contributed by atoms with van der Waals surface area (Å²) in [7, 11) is 0. The summed E-state index contributed by atoms with van der Waals surface area (Å²) >= 11 is 0. The highest BCUT2D eigenvalue weighted by Gasteiger charge is 2.19. The number of hydrogen-bond donors (Lipinski definition) is 0. The third-order valence-electron chi connectivity index (χ3n) is 10.0. The minimum absolute atomic E-state index is 0.0880. The highest BCUT2D eigenvalue weighted by molar-refractivity contribution is 6.22. The fourth-order valence-electron chi connectivity index (χ4n) is 7.56. The summed E-state index contributed by atoms with van der Waals surface area (Å²) in [5.41, 5.74) is 12.9. The predicted molar refractivity (Wildman–Crippen MR) is 209 cm³/mol. The summed E-state index contributed by atoms with van der Waals surface area (Å²) in [6.07, 6.45) is 0. The fourth-order valence-corrected chi connectivity index (χ4v) is 7.56. The van der Waals surface area contributed by atoms with E-state index in [-0.39, 0.29) is 5.41 Å². The molecule has 0 aliphatic carbocycles. The summed E-state index contributed by atoms with van der Waals surface area (Å²) in [6, 6.07) is 59.6. The molecule has 0 saturated heterocycles. The Bertz CT molecular complexity index is 2670. The Kier molecular flexibility index (Phi) is 6.78. The van der Waals surface area contributed by atoms with Gasteiger partial charge in [-0.05, 0) is 89.7 Å². The maximum Gasteiger partial charge on any atom is 0.143 e. The molecule has 0 fully saturated rings. The van der Waals surface area contributed by atoms with Crippen molar-refractivity contribution in [1.29, 1.82) is 0 Å². The molecule has 0 spiro atoms. The van der Waals surface area contributed by atoms with Crippen molar-refractivity contribution in [3.63, 3.8) is 0 Å². The van der Waals surface area contributed by atoms with Crippen LogP contribution in [0.2, 0.25) is 0 Å². The van der Waals surface area contributed by atoms with Crippen molar-refractivity contribution in [2.24, 2.45) is 0 Å². The smallest absolute Gasteiger partial charge is 0.143 e. The molecule has 0 amide bonds. The lowest BCUT2D eigenvalue weighted by molar-refractivity contribution is 0.590. The van der Waals surface area contributed by atoms with Crippen LogP contribution in [0.15, 0.2) is 168 Å². The molecule has 9 rings (SSSR count). The SMILES string of the molecule is CC(C)(C)c1ccc(-c2c3ccccc3c(-c3ccccc3)c3ccc(-c4cccc(-c5cccc6c5oc5ccccc56)c4)cc23)cc1. The van der Waals surface area contributed by atoms with Crippen LogP contribution in [0.4, 0.5) is 0 Å². The van der Waals surface area contributed by atoms with Crippen molar-refractivity contribution in [2.45, 2.75) is 26.2 Å². The van der Waals surface area contributed by atoms with Crippen LogP contribution < -0.4 is 0 Å². The van der Waals surface area contributed by atoms with E-state index in [9.17, 15) is 0 Å². The number of furan rings is 1. The predicted octanol–water partition coefficient (Wildman–Crippen LogP) is 13.9. The number of hydrogen-bond acceptors (Lipinski definition) is 1. The van der Waals surface area contributed by atoms with Crippen molar-refractivity contribution in [3.8, 4) is 44.5 Å². The molecule has 1 heteroatoms. The lowest BCUT2D eigenvalue weighted by Crippen LogP contribution is -2.10. The van der Waals surface area contributed by atoms with Gasteiger partial charge >= 0.3 is 0 Å². The monoisotopic (exact) mass is 628 g/mol. The van der Waals surface area contributed by atoms with Crippen molar-refractivity contribution in [3.05, 3.63) is 169 Å². The minimum atomic E-state index is 0.0880. The molecule has 49 heavy (non-hydrogen) atoms. The van der Waals surface area contributed by atoms with E-state index in [1.807, 2.05) is 12.1 Å². The molecule has 0 saturated carbocycles. The Morgan fingerprint density at radius 3 is 1.65 bits per heavy atom. The van der Waals surface area contributed by atoms with E-state index >= 15 is 0 Å². The van der Waals surface area contributed by atoms with Crippen LogP contribution in [0.25, 0.3) is 88.0 Å². The second-order valence-corrected chi connectivity index (χ2v) is 14.1. The van der Waals surface area contributed by atoms with Crippen LogP contribution in [0.3, 0.4) is 0 Å². The minimum Gasteiger partial charge on any atom is -0.455 e. The highest BCUT2D eigenvalue weighted by Crippen LogP contribution is 2.45. The van der Waals surface area contributed by atoms with Crippen molar-refractivity contribution >= 4 is 43.5 Å². The molecule has 9 aromatic rings. The van der Waals surface area contributed by atoms with Gasteiger partial charge in [0, 0.05) is 16.3 Å². The number of rotatable bonds is 4. The molecule has 0 bridgehead atoms. The standard InChI is InChI=1S/C48H36O/c1-48(2,3)36-26-23-32(24-27-36)46-40-19-8-7-18-39(40)45(31-13-5-4-6-14-31)41-28-25-34(30-43(41)46)33-15-11-16-35(29-33)37-20-12-21-42-38-17-9-10-22-44(38)49-47(37)42/h4-30H,1-3H3. The maximum absolute atomic E-state index is 6.43. The lowest BCUT2D eigenvalue weighted by Gasteiger charge is -2.21. The highest BCUT2D eigenvalue weighted by atomic mass is 16.3. The number of para-hydroxylation sites is 2. The molecule has 234 valence electrons. The summed E-state index contributed by atoms with van der Waals surface area (Å²) in [5, 5.41) is 7.33. The van der Waals surface area contributed by atoms with E-state index in [0.29, 0.717) is 0 Å². The van der Waals surface area contributed by atoms with Gasteiger partial charge in [0.05, 0.1) is 0 Å². The van der Waals surface area contributed by atoms with Gasteiger partial charge in [-0.2, -0.15) is 0 Å². The summed E-state index contributed by atoms with van der Waals surface area (Å²) in [4.78, 5) is 0. The molecular formula is C48H36O. The van der Waals surface area contributed by atoms with Gasteiger partial charge in [0.2, 0.25) is 0 Å². The average Bonchev–Trinajstić information content (AvgIpc) is 3.53. The first-order valence-electron chi connectivity index (χ1n) is 17.1. The van der Waals surface area contributed by atoms with Gasteiger partial charge < -0.3 is 4.42 Å². The van der Waals surface area contributed by atoms with E-state index in [1.54, 1.807) is 0 Å². The summed E-state index contributed by atoms with van der Waals surface area (Å²) in [5.74, 6) is 0. The molecule has 8 aromatic carbocycles. The molecule has 1 nitrogen and oxygen atoms in total. The maximum atomic E-state index is 6.43. The van der Waals surface area contributed by atoms with Crippen molar-refractivity contribution < 1.29 is 4.42 Å². The zero-order valence-electron chi connectivity index (χ0n) is 28.0. The Morgan fingerprint density at radius 2 is 0.898 bits per heavy atom. The van der Waals surface area contributed by atoms with Crippen molar-refractivity contribution in [1.82, 2.24) is 0 Å². The summed E-state index contributed by atoms with van der Waals surface area (Å²) in [6.45, 7) is 6.82. The van der Waals surface area contributed by atoms with E-state index in [2.05, 4.69) is 172 Å². The molecule has 0 N–H and O–H groups in total. The first kappa shape index (κ1) is 29.2. The van der Waals surface area contributed by atoms with Crippen LogP contribution in [-0.2, 0) is 5.41 Å². The molecule has 1 heterocycles. The number of fused-ring (bicyclic) bond motifs is 5. The van der Waals surface area contributed by atoms with Crippen LogP contribution in [0, 0.1) is 0 Å². The molecule has 0 aliphatic rings. The lowest BCUT2D eigenvalue weighted by atomic mass is 9.83. The zero-order chi connectivity index (χ0) is 33.1. The van der Waals surface area contributed by atoms with Gasteiger partial charge in [-0.15, -0.1) is 0 Å². The van der Waals surface area contributed by atoms with E-state index in [0.717, 1.165) is 33.1 Å². The second-order valence-electron chi connectivity index (χ2n) is 14.1. The Morgan fingerprint density at radius 1 is 0.367 bits per heavy atom. The summed E-state index contributed by atoms with van der Waals surface area (Å²) < 4.78 is 6.43. The molecular weight excluding hydrogens is 593 g/mol. The van der Waals surface area contributed by atoms with Crippen LogP contribution in [0.5, 0.6) is 0 Å². The average molecular weight is 629 g/mol.